The Labute approximate surface area is 157 Å². The Hall–Kier alpha value is -1.89. The van der Waals surface area contributed by atoms with Crippen LogP contribution in [0.2, 0.25) is 0 Å². The van der Waals surface area contributed by atoms with Crippen LogP contribution in [0.15, 0.2) is 6.07 Å². The van der Waals surface area contributed by atoms with Gasteiger partial charge in [0, 0.05) is 10.9 Å². The van der Waals surface area contributed by atoms with Crippen molar-refractivity contribution in [3.63, 3.8) is 0 Å². The van der Waals surface area contributed by atoms with Gasteiger partial charge in [-0.05, 0) is 49.7 Å². The third-order valence-corrected chi connectivity index (χ3v) is 6.46. The summed E-state index contributed by atoms with van der Waals surface area (Å²) >= 11 is 1.46. The highest BCUT2D eigenvalue weighted by atomic mass is 32.1. The van der Waals surface area contributed by atoms with E-state index in [0.29, 0.717) is 10.8 Å². The Morgan fingerprint density at radius 2 is 2.00 bits per heavy atom. The zero-order valence-electron chi connectivity index (χ0n) is 15.1. The molecule has 1 aromatic rings. The fourth-order valence-corrected chi connectivity index (χ4v) is 4.81. The molecular formula is C19H26N2O4S. The van der Waals surface area contributed by atoms with Gasteiger partial charge in [-0.25, -0.2) is 9.59 Å². The second-order valence-corrected chi connectivity index (χ2v) is 8.29. The summed E-state index contributed by atoms with van der Waals surface area (Å²) in [7, 11) is 0. The van der Waals surface area contributed by atoms with Gasteiger partial charge in [0.2, 0.25) is 0 Å². The van der Waals surface area contributed by atoms with Crippen LogP contribution in [0, 0.1) is 5.92 Å². The fraction of sp³-hybridized carbons (Fsp3) is 0.632. The zero-order chi connectivity index (χ0) is 18.5. The number of fused-ring (bicyclic) bond motifs is 1. The summed E-state index contributed by atoms with van der Waals surface area (Å²) in [5.41, 5.74) is 1.24. The number of esters is 1. The van der Waals surface area contributed by atoms with Crippen LogP contribution in [0.4, 0.5) is 4.79 Å². The largest absolute Gasteiger partial charge is 0.451 e. The lowest BCUT2D eigenvalue weighted by Gasteiger charge is -2.19. The monoisotopic (exact) mass is 378 g/mol. The number of carbonyl (C=O) groups excluding carboxylic acids is 3. The molecule has 142 valence electrons. The molecule has 1 aromatic heterocycles. The van der Waals surface area contributed by atoms with Gasteiger partial charge >= 0.3 is 12.0 Å². The molecule has 6 nitrogen and oxygen atoms in total. The number of ether oxygens (including phenoxy) is 1. The van der Waals surface area contributed by atoms with E-state index in [0.717, 1.165) is 51.4 Å². The number of nitrogens with one attached hydrogen (secondary N) is 2. The molecule has 0 spiro atoms. The molecular weight excluding hydrogens is 352 g/mol. The highest BCUT2D eigenvalue weighted by Crippen LogP contribution is 2.33. The molecule has 2 N–H and O–H groups in total. The maximum absolute atomic E-state index is 12.2. The average Bonchev–Trinajstić information content (AvgIpc) is 3.27. The van der Waals surface area contributed by atoms with Gasteiger partial charge in [-0.15, -0.1) is 11.3 Å². The molecule has 1 fully saturated rings. The van der Waals surface area contributed by atoms with Crippen LogP contribution in [-0.2, 0) is 22.4 Å². The highest BCUT2D eigenvalue weighted by molar-refractivity contribution is 7.14. The van der Waals surface area contributed by atoms with E-state index in [1.165, 1.54) is 21.8 Å². The van der Waals surface area contributed by atoms with Crippen molar-refractivity contribution < 1.29 is 19.1 Å². The number of urea groups is 1. The summed E-state index contributed by atoms with van der Waals surface area (Å²) in [4.78, 5) is 37.5. The number of amides is 3. The van der Waals surface area contributed by atoms with Crippen molar-refractivity contribution in [3.05, 3.63) is 21.4 Å². The van der Waals surface area contributed by atoms with Crippen LogP contribution < -0.4 is 10.6 Å². The van der Waals surface area contributed by atoms with Crippen molar-refractivity contribution >= 4 is 29.2 Å². The molecule has 0 saturated heterocycles. The molecule has 2 aliphatic carbocycles. The summed E-state index contributed by atoms with van der Waals surface area (Å²) in [6.07, 6.45) is 8.41. The van der Waals surface area contributed by atoms with E-state index < -0.39 is 24.5 Å². The summed E-state index contributed by atoms with van der Waals surface area (Å²) < 4.78 is 5.07. The molecule has 0 unspecified atom stereocenters. The Morgan fingerprint density at radius 3 is 2.73 bits per heavy atom. The van der Waals surface area contributed by atoms with Crippen LogP contribution in [0.1, 0.15) is 65.6 Å². The predicted octanol–water partition coefficient (Wildman–Crippen LogP) is 3.19. The topological polar surface area (TPSA) is 84.5 Å². The Bertz CT molecular complexity index is 679. The SMILES string of the molecule is CC[C@H]1CCc2sc(C(=O)OCC(=O)NC(=O)NC3CCCC3)cc2C1. The molecule has 7 heteroatoms. The van der Waals surface area contributed by atoms with Crippen molar-refractivity contribution in [2.45, 2.75) is 64.3 Å². The van der Waals surface area contributed by atoms with Gasteiger partial charge in [0.1, 0.15) is 4.88 Å². The third-order valence-electron chi connectivity index (χ3n) is 5.24. The molecule has 0 aliphatic heterocycles. The lowest BCUT2D eigenvalue weighted by atomic mass is 9.87. The van der Waals surface area contributed by atoms with Crippen LogP contribution in [0.25, 0.3) is 0 Å². The van der Waals surface area contributed by atoms with Gasteiger partial charge in [-0.2, -0.15) is 0 Å². The fourth-order valence-electron chi connectivity index (χ4n) is 3.70. The van der Waals surface area contributed by atoms with Gasteiger partial charge in [-0.3, -0.25) is 10.1 Å². The number of thiophene rings is 1. The lowest BCUT2D eigenvalue weighted by molar-refractivity contribution is -0.123. The first-order valence-electron chi connectivity index (χ1n) is 9.44. The van der Waals surface area contributed by atoms with Crippen molar-refractivity contribution in [1.82, 2.24) is 10.6 Å². The number of hydrogen-bond donors (Lipinski definition) is 2. The van der Waals surface area contributed by atoms with Gasteiger partial charge in [0.25, 0.3) is 5.91 Å². The van der Waals surface area contributed by atoms with Crippen molar-refractivity contribution in [1.29, 1.82) is 0 Å². The maximum Gasteiger partial charge on any atom is 0.348 e. The normalized spacial score (nSPS) is 19.7. The second-order valence-electron chi connectivity index (χ2n) is 7.16. The summed E-state index contributed by atoms with van der Waals surface area (Å²) in [6, 6.07) is 1.51. The smallest absolute Gasteiger partial charge is 0.348 e. The molecule has 2 aliphatic rings. The number of carbonyl (C=O) groups is 3. The van der Waals surface area contributed by atoms with Crippen molar-refractivity contribution in [2.24, 2.45) is 5.92 Å². The van der Waals surface area contributed by atoms with E-state index in [4.69, 9.17) is 4.74 Å². The van der Waals surface area contributed by atoms with E-state index in [1.807, 2.05) is 6.07 Å². The number of rotatable bonds is 5. The summed E-state index contributed by atoms with van der Waals surface area (Å²) in [5.74, 6) is -0.421. The molecule has 1 heterocycles. The number of imide groups is 1. The van der Waals surface area contributed by atoms with E-state index in [-0.39, 0.29) is 6.04 Å². The standard InChI is InChI=1S/C19H26N2O4S/c1-2-12-7-8-15-13(9-12)10-16(26-15)18(23)25-11-17(22)21-19(24)20-14-5-3-4-6-14/h10,12,14H,2-9,11H2,1H3,(H2,20,21,22,24)/t12-/m0/s1. The minimum absolute atomic E-state index is 0.134. The molecule has 0 radical (unpaired) electrons. The van der Waals surface area contributed by atoms with Crippen LogP contribution >= 0.6 is 11.3 Å². The van der Waals surface area contributed by atoms with Crippen LogP contribution in [0.3, 0.4) is 0 Å². The second kappa shape index (κ2) is 8.66. The van der Waals surface area contributed by atoms with E-state index in [1.54, 1.807) is 0 Å². The zero-order valence-corrected chi connectivity index (χ0v) is 16.0. The first kappa shape index (κ1) is 18.9. The maximum atomic E-state index is 12.2. The van der Waals surface area contributed by atoms with E-state index >= 15 is 0 Å². The predicted molar refractivity (Wildman–Crippen MR) is 99.3 cm³/mol. The Morgan fingerprint density at radius 1 is 1.23 bits per heavy atom. The minimum Gasteiger partial charge on any atom is -0.451 e. The van der Waals surface area contributed by atoms with Crippen LogP contribution in [0.5, 0.6) is 0 Å². The summed E-state index contributed by atoms with van der Waals surface area (Å²) in [6.45, 7) is 1.75. The molecule has 0 aromatic carbocycles. The summed E-state index contributed by atoms with van der Waals surface area (Å²) in [5, 5.41) is 4.98. The van der Waals surface area contributed by atoms with Gasteiger partial charge < -0.3 is 10.1 Å². The molecule has 1 atom stereocenters. The first-order valence-corrected chi connectivity index (χ1v) is 10.3. The molecule has 0 bridgehead atoms. The van der Waals surface area contributed by atoms with Crippen molar-refractivity contribution in [3.8, 4) is 0 Å². The molecule has 26 heavy (non-hydrogen) atoms. The van der Waals surface area contributed by atoms with Crippen LogP contribution in [-0.4, -0.2) is 30.6 Å². The minimum atomic E-state index is -0.610. The molecule has 3 amide bonds. The number of aryl methyl sites for hydroxylation is 1. The molecule has 1 saturated carbocycles. The third kappa shape index (κ3) is 4.84. The quantitative estimate of drug-likeness (QED) is 0.771. The number of hydrogen-bond acceptors (Lipinski definition) is 5. The Kier molecular flexibility index (Phi) is 6.29. The van der Waals surface area contributed by atoms with E-state index in [2.05, 4.69) is 17.6 Å². The van der Waals surface area contributed by atoms with Gasteiger partial charge in [0.05, 0.1) is 0 Å². The highest BCUT2D eigenvalue weighted by Gasteiger charge is 2.23. The van der Waals surface area contributed by atoms with E-state index in [9.17, 15) is 14.4 Å². The molecule has 3 rings (SSSR count). The van der Waals surface area contributed by atoms with Crippen molar-refractivity contribution in [2.75, 3.05) is 6.61 Å². The van der Waals surface area contributed by atoms with Gasteiger partial charge in [0.15, 0.2) is 6.61 Å². The Balaban J connectivity index is 1.44. The average molecular weight is 378 g/mol. The first-order chi connectivity index (χ1) is 12.5. The lowest BCUT2D eigenvalue weighted by Crippen LogP contribution is -2.44. The van der Waals surface area contributed by atoms with Gasteiger partial charge in [-0.1, -0.05) is 26.2 Å².